The van der Waals surface area contributed by atoms with Gasteiger partial charge in [0.1, 0.15) is 0 Å². The van der Waals surface area contributed by atoms with Gasteiger partial charge in [0.2, 0.25) is 0 Å². The van der Waals surface area contributed by atoms with Crippen molar-refractivity contribution in [2.24, 2.45) is 0 Å². The smallest absolute Gasteiger partial charge is 0.162 e. The third kappa shape index (κ3) is 3.62. The SMILES string of the molecule is C=CCCCC(=O)c1cccc(I)c1. The average Bonchev–Trinajstić information content (AvgIpc) is 2.18. The number of unbranched alkanes of at least 4 members (excludes halogenated alkanes) is 1. The summed E-state index contributed by atoms with van der Waals surface area (Å²) in [6.45, 7) is 3.63. The predicted octanol–water partition coefficient (Wildman–Crippen LogP) is 3.83. The zero-order chi connectivity index (χ0) is 10.4. The van der Waals surface area contributed by atoms with Crippen LogP contribution in [0.25, 0.3) is 0 Å². The first-order valence-electron chi connectivity index (χ1n) is 4.63. The van der Waals surface area contributed by atoms with Crippen molar-refractivity contribution < 1.29 is 4.79 Å². The van der Waals surface area contributed by atoms with E-state index in [-0.39, 0.29) is 5.78 Å². The number of carbonyl (C=O) groups excluding carboxylic acids is 1. The van der Waals surface area contributed by atoms with Crippen molar-refractivity contribution in [3.63, 3.8) is 0 Å². The van der Waals surface area contributed by atoms with Gasteiger partial charge in [0.25, 0.3) is 0 Å². The van der Waals surface area contributed by atoms with Crippen LogP contribution in [0.5, 0.6) is 0 Å². The summed E-state index contributed by atoms with van der Waals surface area (Å²) in [5.74, 6) is 0.227. The monoisotopic (exact) mass is 300 g/mol. The molecule has 0 radical (unpaired) electrons. The van der Waals surface area contributed by atoms with E-state index in [2.05, 4.69) is 29.2 Å². The minimum absolute atomic E-state index is 0.227. The van der Waals surface area contributed by atoms with Gasteiger partial charge in [0, 0.05) is 15.6 Å². The number of halogens is 1. The van der Waals surface area contributed by atoms with E-state index in [1.54, 1.807) is 0 Å². The summed E-state index contributed by atoms with van der Waals surface area (Å²) in [5, 5.41) is 0. The first-order chi connectivity index (χ1) is 6.74. The van der Waals surface area contributed by atoms with Crippen molar-refractivity contribution in [2.45, 2.75) is 19.3 Å². The quantitative estimate of drug-likeness (QED) is 0.349. The Morgan fingerprint density at radius 2 is 2.29 bits per heavy atom. The molecule has 1 nitrogen and oxygen atoms in total. The van der Waals surface area contributed by atoms with E-state index in [1.165, 1.54) is 0 Å². The van der Waals surface area contributed by atoms with Crippen LogP contribution in [0.3, 0.4) is 0 Å². The lowest BCUT2D eigenvalue weighted by Crippen LogP contribution is -1.98. The van der Waals surface area contributed by atoms with E-state index in [4.69, 9.17) is 0 Å². The van der Waals surface area contributed by atoms with E-state index < -0.39 is 0 Å². The Hall–Kier alpha value is -0.640. The van der Waals surface area contributed by atoms with Crippen molar-refractivity contribution in [1.29, 1.82) is 0 Å². The highest BCUT2D eigenvalue weighted by Crippen LogP contribution is 2.11. The van der Waals surface area contributed by atoms with Gasteiger partial charge in [-0.15, -0.1) is 6.58 Å². The van der Waals surface area contributed by atoms with Crippen LogP contribution in [0.1, 0.15) is 29.6 Å². The van der Waals surface area contributed by atoms with Crippen LogP contribution in [-0.4, -0.2) is 5.78 Å². The second kappa shape index (κ2) is 5.96. The summed E-state index contributed by atoms with van der Waals surface area (Å²) in [7, 11) is 0. The molecule has 0 saturated carbocycles. The lowest BCUT2D eigenvalue weighted by atomic mass is 10.1. The average molecular weight is 300 g/mol. The molecule has 0 spiro atoms. The minimum atomic E-state index is 0.227. The molecule has 0 amide bonds. The molecule has 0 N–H and O–H groups in total. The second-order valence-corrected chi connectivity index (χ2v) is 4.36. The lowest BCUT2D eigenvalue weighted by Gasteiger charge is -2.00. The second-order valence-electron chi connectivity index (χ2n) is 3.11. The number of hydrogen-bond donors (Lipinski definition) is 0. The zero-order valence-corrected chi connectivity index (χ0v) is 10.2. The molecule has 2 heteroatoms. The lowest BCUT2D eigenvalue weighted by molar-refractivity contribution is 0.0980. The zero-order valence-electron chi connectivity index (χ0n) is 8.00. The molecule has 0 aliphatic carbocycles. The maximum absolute atomic E-state index is 11.6. The summed E-state index contributed by atoms with van der Waals surface area (Å²) in [5.41, 5.74) is 0.820. The highest BCUT2D eigenvalue weighted by Gasteiger charge is 2.04. The van der Waals surface area contributed by atoms with Gasteiger partial charge in [-0.3, -0.25) is 4.79 Å². The fourth-order valence-corrected chi connectivity index (χ4v) is 1.76. The standard InChI is InChI=1S/C12H13IO/c1-2-3-4-8-12(14)10-6-5-7-11(13)9-10/h2,5-7,9H,1,3-4,8H2. The number of benzene rings is 1. The number of ketones is 1. The molecule has 0 saturated heterocycles. The van der Waals surface area contributed by atoms with Crippen molar-refractivity contribution in [1.82, 2.24) is 0 Å². The molecule has 0 aliphatic heterocycles. The summed E-state index contributed by atoms with van der Waals surface area (Å²) >= 11 is 2.22. The largest absolute Gasteiger partial charge is 0.294 e. The first kappa shape index (κ1) is 11.4. The molecule has 0 atom stereocenters. The maximum Gasteiger partial charge on any atom is 0.162 e. The van der Waals surface area contributed by atoms with E-state index in [0.717, 1.165) is 22.0 Å². The van der Waals surface area contributed by atoms with Gasteiger partial charge in [-0.1, -0.05) is 18.2 Å². The van der Waals surface area contributed by atoms with Crippen molar-refractivity contribution in [3.8, 4) is 0 Å². The van der Waals surface area contributed by atoms with Crippen LogP contribution < -0.4 is 0 Å². The molecule has 0 unspecified atom stereocenters. The van der Waals surface area contributed by atoms with Gasteiger partial charge in [0.05, 0.1) is 0 Å². The Bertz CT molecular complexity index is 331. The molecular weight excluding hydrogens is 287 g/mol. The van der Waals surface area contributed by atoms with Gasteiger partial charge in [-0.25, -0.2) is 0 Å². The maximum atomic E-state index is 11.6. The van der Waals surface area contributed by atoms with E-state index in [0.29, 0.717) is 6.42 Å². The molecule has 0 aliphatic rings. The number of rotatable bonds is 5. The summed E-state index contributed by atoms with van der Waals surface area (Å²) in [6.07, 6.45) is 4.28. The molecule has 0 fully saturated rings. The highest BCUT2D eigenvalue weighted by atomic mass is 127. The normalized spacial score (nSPS) is 9.79. The van der Waals surface area contributed by atoms with Crippen molar-refractivity contribution >= 4 is 28.4 Å². The third-order valence-corrected chi connectivity index (χ3v) is 2.63. The van der Waals surface area contributed by atoms with Gasteiger partial charge in [-0.2, -0.15) is 0 Å². The van der Waals surface area contributed by atoms with Crippen molar-refractivity contribution in [3.05, 3.63) is 46.1 Å². The number of carbonyl (C=O) groups is 1. The Morgan fingerprint density at radius 3 is 2.93 bits per heavy atom. The molecule has 0 heterocycles. The summed E-state index contributed by atoms with van der Waals surface area (Å²) < 4.78 is 1.11. The molecule has 14 heavy (non-hydrogen) atoms. The van der Waals surface area contributed by atoms with Crippen LogP contribution in [0.15, 0.2) is 36.9 Å². The topological polar surface area (TPSA) is 17.1 Å². The Labute approximate surface area is 98.4 Å². The van der Waals surface area contributed by atoms with Gasteiger partial charge in [0.15, 0.2) is 5.78 Å². The van der Waals surface area contributed by atoms with Crippen molar-refractivity contribution in [2.75, 3.05) is 0 Å². The molecule has 1 aromatic rings. The van der Waals surface area contributed by atoms with E-state index >= 15 is 0 Å². The van der Waals surface area contributed by atoms with Gasteiger partial charge in [-0.05, 0) is 47.6 Å². The molecule has 1 rings (SSSR count). The fraction of sp³-hybridized carbons (Fsp3) is 0.250. The van der Waals surface area contributed by atoms with E-state index in [1.807, 2.05) is 30.3 Å². The summed E-state index contributed by atoms with van der Waals surface area (Å²) in [4.78, 5) is 11.6. The molecule has 0 bridgehead atoms. The fourth-order valence-electron chi connectivity index (χ4n) is 1.21. The van der Waals surface area contributed by atoms with Gasteiger partial charge < -0.3 is 0 Å². The highest BCUT2D eigenvalue weighted by molar-refractivity contribution is 14.1. The number of Topliss-reactive ketones (excluding diaryl/α,β-unsaturated/α-hetero) is 1. The summed E-state index contributed by atoms with van der Waals surface area (Å²) in [6, 6.07) is 7.71. The van der Waals surface area contributed by atoms with Crippen LogP contribution >= 0.6 is 22.6 Å². The van der Waals surface area contributed by atoms with E-state index in [9.17, 15) is 4.79 Å². The molecule has 0 aromatic heterocycles. The molecule has 74 valence electrons. The van der Waals surface area contributed by atoms with Crippen LogP contribution in [0, 0.1) is 3.57 Å². The Morgan fingerprint density at radius 1 is 1.50 bits per heavy atom. The first-order valence-corrected chi connectivity index (χ1v) is 5.71. The third-order valence-electron chi connectivity index (χ3n) is 1.96. The predicted molar refractivity (Wildman–Crippen MR) is 67.5 cm³/mol. The minimum Gasteiger partial charge on any atom is -0.294 e. The molecule has 1 aromatic carbocycles. The molecular formula is C12H13IO. The number of allylic oxidation sites excluding steroid dienone is 1. The van der Waals surface area contributed by atoms with Gasteiger partial charge >= 0.3 is 0 Å². The van der Waals surface area contributed by atoms with Crippen LogP contribution in [-0.2, 0) is 0 Å². The van der Waals surface area contributed by atoms with Crippen LogP contribution in [0.4, 0.5) is 0 Å². The van der Waals surface area contributed by atoms with Crippen LogP contribution in [0.2, 0.25) is 0 Å². The Balaban J connectivity index is 2.56. The number of hydrogen-bond acceptors (Lipinski definition) is 1. The Kier molecular flexibility index (Phi) is 4.87.